The van der Waals surface area contributed by atoms with E-state index in [1.165, 1.54) is 43.4 Å². The predicted molar refractivity (Wildman–Crippen MR) is 141 cm³/mol. The Morgan fingerprint density at radius 1 is 0.971 bits per heavy atom. The Hall–Kier alpha value is -2.20. The number of rotatable bonds is 6. The molecule has 4 rings (SSSR count). The minimum absolute atomic E-state index is 0.191. The molecule has 0 unspecified atom stereocenters. The molecule has 1 amide bonds. The minimum atomic E-state index is -0.485. The topological polar surface area (TPSA) is 32.8 Å². The van der Waals surface area contributed by atoms with Crippen molar-refractivity contribution in [3.63, 3.8) is 0 Å². The number of benzene rings is 2. The Balaban J connectivity index is 1.57. The fraction of sp³-hybridized carbons (Fsp3) is 0.552. The molecule has 0 aromatic heterocycles. The Morgan fingerprint density at radius 2 is 1.62 bits per heavy atom. The fourth-order valence-electron chi connectivity index (χ4n) is 5.51. The van der Waals surface area contributed by atoms with E-state index in [1.54, 1.807) is 0 Å². The summed E-state index contributed by atoms with van der Waals surface area (Å²) in [5, 5.41) is 0.770. The van der Waals surface area contributed by atoms with Crippen molar-refractivity contribution in [2.75, 3.05) is 24.5 Å². The Bertz CT molecular complexity index is 919. The van der Waals surface area contributed by atoms with Crippen molar-refractivity contribution < 1.29 is 9.53 Å². The first kappa shape index (κ1) is 24.9. The molecule has 1 saturated carbocycles. The van der Waals surface area contributed by atoms with Gasteiger partial charge in [0.1, 0.15) is 5.60 Å². The van der Waals surface area contributed by atoms with Crippen molar-refractivity contribution in [2.45, 2.75) is 70.9 Å². The van der Waals surface area contributed by atoms with Gasteiger partial charge in [-0.3, -0.25) is 0 Å². The van der Waals surface area contributed by atoms with Crippen molar-refractivity contribution >= 4 is 23.4 Å². The second-order valence-electron chi connectivity index (χ2n) is 11.0. The molecule has 34 heavy (non-hydrogen) atoms. The molecule has 0 radical (unpaired) electrons. The summed E-state index contributed by atoms with van der Waals surface area (Å²) in [5.74, 6) is 0.777. The molecule has 1 aliphatic heterocycles. The summed E-state index contributed by atoms with van der Waals surface area (Å²) in [6, 6.07) is 19.5. The highest BCUT2D eigenvalue weighted by molar-refractivity contribution is 6.30. The number of hydrogen-bond donors (Lipinski definition) is 0. The SMILES string of the molecule is CC(C)(C)OC(=O)N1C[C@H](CN(c2ccc(Cl)cc2)C2CCCCC2)[C@@H](Cc2ccccc2)C1. The van der Waals surface area contributed by atoms with Crippen LogP contribution < -0.4 is 4.90 Å². The maximum absolute atomic E-state index is 13.0. The largest absolute Gasteiger partial charge is 0.444 e. The molecule has 2 fully saturated rings. The maximum Gasteiger partial charge on any atom is 0.410 e. The van der Waals surface area contributed by atoms with Crippen molar-refractivity contribution in [1.82, 2.24) is 4.90 Å². The van der Waals surface area contributed by atoms with Gasteiger partial charge in [0.25, 0.3) is 0 Å². The lowest BCUT2D eigenvalue weighted by Crippen LogP contribution is -2.42. The molecule has 0 N–H and O–H groups in total. The fourth-order valence-corrected chi connectivity index (χ4v) is 5.64. The number of hydrogen-bond acceptors (Lipinski definition) is 3. The van der Waals surface area contributed by atoms with Gasteiger partial charge in [-0.2, -0.15) is 0 Å². The quantitative estimate of drug-likeness (QED) is 0.436. The summed E-state index contributed by atoms with van der Waals surface area (Å²) < 4.78 is 5.75. The molecule has 1 heterocycles. The highest BCUT2D eigenvalue weighted by atomic mass is 35.5. The van der Waals surface area contributed by atoms with Gasteiger partial charge in [0.05, 0.1) is 0 Å². The monoisotopic (exact) mass is 482 g/mol. The van der Waals surface area contributed by atoms with Crippen molar-refractivity contribution in [3.8, 4) is 0 Å². The molecule has 2 aromatic rings. The van der Waals surface area contributed by atoms with Crippen LogP contribution in [0.2, 0.25) is 5.02 Å². The van der Waals surface area contributed by atoms with Gasteiger partial charge in [0, 0.05) is 36.4 Å². The van der Waals surface area contributed by atoms with Gasteiger partial charge in [-0.15, -0.1) is 0 Å². The summed E-state index contributed by atoms with van der Waals surface area (Å²) >= 11 is 6.22. The zero-order valence-electron chi connectivity index (χ0n) is 20.9. The molecule has 5 heteroatoms. The second kappa shape index (κ2) is 11.0. The molecule has 4 nitrogen and oxygen atoms in total. The minimum Gasteiger partial charge on any atom is -0.444 e. The van der Waals surface area contributed by atoms with Crippen LogP contribution in [-0.4, -0.2) is 42.3 Å². The van der Waals surface area contributed by atoms with Crippen molar-refractivity contribution in [2.24, 2.45) is 11.8 Å². The third kappa shape index (κ3) is 6.69. The van der Waals surface area contributed by atoms with E-state index in [1.807, 2.05) is 37.8 Å². The van der Waals surface area contributed by atoms with E-state index in [9.17, 15) is 4.79 Å². The highest BCUT2D eigenvalue weighted by Crippen LogP contribution is 2.34. The van der Waals surface area contributed by atoms with E-state index < -0.39 is 5.60 Å². The summed E-state index contributed by atoms with van der Waals surface area (Å²) in [6.07, 6.45) is 7.15. The number of carbonyl (C=O) groups is 1. The van der Waals surface area contributed by atoms with Crippen LogP contribution in [0, 0.1) is 11.8 Å². The first-order valence-corrected chi connectivity index (χ1v) is 13.2. The number of nitrogens with zero attached hydrogens (tertiary/aromatic N) is 2. The van der Waals surface area contributed by atoms with Gasteiger partial charge in [-0.05, 0) is 81.7 Å². The van der Waals surface area contributed by atoms with Gasteiger partial charge in [0.15, 0.2) is 0 Å². The van der Waals surface area contributed by atoms with Gasteiger partial charge in [0.2, 0.25) is 0 Å². The van der Waals surface area contributed by atoms with Gasteiger partial charge in [-0.1, -0.05) is 61.2 Å². The molecule has 1 saturated heterocycles. The van der Waals surface area contributed by atoms with Crippen LogP contribution in [0.1, 0.15) is 58.4 Å². The van der Waals surface area contributed by atoms with E-state index in [2.05, 4.69) is 47.4 Å². The Kier molecular flexibility index (Phi) is 8.08. The Morgan fingerprint density at radius 3 is 2.26 bits per heavy atom. The van der Waals surface area contributed by atoms with Crippen LogP contribution in [0.15, 0.2) is 54.6 Å². The molecule has 1 aliphatic carbocycles. The number of amides is 1. The third-order valence-electron chi connectivity index (χ3n) is 7.17. The lowest BCUT2D eigenvalue weighted by molar-refractivity contribution is 0.0284. The summed E-state index contributed by atoms with van der Waals surface area (Å²) in [5.41, 5.74) is 2.09. The maximum atomic E-state index is 13.0. The zero-order valence-corrected chi connectivity index (χ0v) is 21.6. The molecular weight excluding hydrogens is 444 g/mol. The van der Waals surface area contributed by atoms with Gasteiger partial charge in [-0.25, -0.2) is 4.79 Å². The standard InChI is InChI=1S/C29H39ClN2O2/c1-29(2,3)34-28(33)31-19-23(18-22-10-6-4-7-11-22)24(20-31)21-32(26-12-8-5-9-13-26)27-16-14-25(30)15-17-27/h4,6-7,10-11,14-17,23-24,26H,5,8-9,12-13,18-21H2,1-3H3/t23-,24+/m0/s1. The number of likely N-dealkylation sites (tertiary alicyclic amines) is 1. The first-order chi connectivity index (χ1) is 16.3. The highest BCUT2D eigenvalue weighted by Gasteiger charge is 2.39. The molecule has 0 bridgehead atoms. The third-order valence-corrected chi connectivity index (χ3v) is 7.43. The van der Waals surface area contributed by atoms with E-state index in [-0.39, 0.29) is 6.09 Å². The van der Waals surface area contributed by atoms with Gasteiger partial charge < -0.3 is 14.5 Å². The van der Waals surface area contributed by atoms with Crippen LogP contribution in [0.4, 0.5) is 10.5 Å². The number of ether oxygens (including phenoxy) is 1. The average molecular weight is 483 g/mol. The molecule has 2 atom stereocenters. The van der Waals surface area contributed by atoms with E-state index in [4.69, 9.17) is 16.3 Å². The van der Waals surface area contributed by atoms with Crippen LogP contribution in [0.5, 0.6) is 0 Å². The average Bonchev–Trinajstić information content (AvgIpc) is 3.21. The van der Waals surface area contributed by atoms with Crippen molar-refractivity contribution in [3.05, 3.63) is 65.2 Å². The van der Waals surface area contributed by atoms with Crippen LogP contribution >= 0.6 is 11.6 Å². The molecule has 2 aliphatic rings. The smallest absolute Gasteiger partial charge is 0.410 e. The molecular formula is C29H39ClN2O2. The van der Waals surface area contributed by atoms with Crippen molar-refractivity contribution in [1.29, 1.82) is 0 Å². The van der Waals surface area contributed by atoms with Gasteiger partial charge >= 0.3 is 6.09 Å². The lowest BCUT2D eigenvalue weighted by Gasteiger charge is -2.39. The summed E-state index contributed by atoms with van der Waals surface area (Å²) in [4.78, 5) is 17.5. The molecule has 184 valence electrons. The molecule has 2 aromatic carbocycles. The second-order valence-corrected chi connectivity index (χ2v) is 11.5. The lowest BCUT2D eigenvalue weighted by atomic mass is 9.87. The van der Waals surface area contributed by atoms with E-state index in [0.29, 0.717) is 17.9 Å². The molecule has 0 spiro atoms. The van der Waals surface area contributed by atoms with E-state index in [0.717, 1.165) is 31.1 Å². The van der Waals surface area contributed by atoms with Crippen LogP contribution in [-0.2, 0) is 11.2 Å². The normalized spacial score (nSPS) is 21.5. The number of halogens is 1. The number of anilines is 1. The number of carbonyl (C=O) groups excluding carboxylic acids is 1. The Labute approximate surface area is 210 Å². The van der Waals surface area contributed by atoms with E-state index >= 15 is 0 Å². The van der Waals surface area contributed by atoms with Crippen LogP contribution in [0.25, 0.3) is 0 Å². The first-order valence-electron chi connectivity index (χ1n) is 12.8. The summed E-state index contributed by atoms with van der Waals surface area (Å²) in [6.45, 7) is 8.24. The summed E-state index contributed by atoms with van der Waals surface area (Å²) in [7, 11) is 0. The van der Waals surface area contributed by atoms with Crippen LogP contribution in [0.3, 0.4) is 0 Å². The zero-order chi connectivity index (χ0) is 24.1. The predicted octanol–water partition coefficient (Wildman–Crippen LogP) is 7.20.